The molecule has 1 aliphatic rings. The molecule has 1 fully saturated rings. The molecule has 6 nitrogen and oxygen atoms in total. The van der Waals surface area contributed by atoms with Crippen LogP contribution in [0.15, 0.2) is 6.20 Å². The zero-order valence-corrected chi connectivity index (χ0v) is 11.8. The maximum atomic E-state index is 11.9. The summed E-state index contributed by atoms with van der Waals surface area (Å²) in [6.07, 6.45) is 2.92. The second-order valence-electron chi connectivity index (χ2n) is 4.84. The van der Waals surface area contributed by atoms with Gasteiger partial charge in [-0.05, 0) is 12.8 Å². The van der Waals surface area contributed by atoms with E-state index in [-0.39, 0.29) is 22.7 Å². The first-order valence-electron chi connectivity index (χ1n) is 6.16. The van der Waals surface area contributed by atoms with Crippen LogP contribution in [0.4, 0.5) is 5.95 Å². The number of carbonyl (C=O) groups is 1. The summed E-state index contributed by atoms with van der Waals surface area (Å²) in [5.41, 5.74) is 0. The van der Waals surface area contributed by atoms with Gasteiger partial charge in [0.25, 0.3) is 0 Å². The smallest absolute Gasteiger partial charge is 0.235 e. The molecule has 7 heteroatoms. The molecule has 19 heavy (non-hydrogen) atoms. The van der Waals surface area contributed by atoms with Crippen LogP contribution < -0.4 is 4.90 Å². The molecule has 1 N–H and O–H groups in total. The molecule has 1 aliphatic heterocycles. The molecule has 0 aromatic carbocycles. The van der Waals surface area contributed by atoms with E-state index in [1.54, 1.807) is 19.0 Å². The van der Waals surface area contributed by atoms with Gasteiger partial charge in [0.15, 0.2) is 0 Å². The fraction of sp³-hybridized carbons (Fsp3) is 0.583. The van der Waals surface area contributed by atoms with Gasteiger partial charge in [0, 0.05) is 33.1 Å². The molecular weight excluding hydrogens is 268 g/mol. The van der Waals surface area contributed by atoms with Crippen LogP contribution in [0.3, 0.4) is 0 Å². The molecule has 1 aromatic heterocycles. The second-order valence-corrected chi connectivity index (χ2v) is 5.24. The normalized spacial score (nSPS) is 16.5. The number of rotatable bonds is 2. The Labute approximate surface area is 117 Å². The maximum Gasteiger partial charge on any atom is 0.235 e. The SMILES string of the molecule is CN(C)C(=O)C1CCN(c2ncc(Cl)c(O)n2)CC1. The van der Waals surface area contributed by atoms with Crippen LogP contribution in [0, 0.1) is 5.92 Å². The number of halogens is 1. The van der Waals surface area contributed by atoms with Crippen molar-refractivity contribution in [2.24, 2.45) is 5.92 Å². The Kier molecular flexibility index (Phi) is 4.09. The standard InChI is InChI=1S/C12H17ClN4O2/c1-16(2)11(19)8-3-5-17(6-4-8)12-14-7-9(13)10(18)15-12/h7-8H,3-6H2,1-2H3,(H,14,15,18). The van der Waals surface area contributed by atoms with Crippen molar-refractivity contribution in [3.8, 4) is 5.88 Å². The molecule has 0 radical (unpaired) electrons. The number of anilines is 1. The molecule has 104 valence electrons. The maximum absolute atomic E-state index is 11.9. The van der Waals surface area contributed by atoms with E-state index < -0.39 is 0 Å². The number of aromatic nitrogens is 2. The zero-order valence-electron chi connectivity index (χ0n) is 11.0. The Morgan fingerprint density at radius 2 is 2.11 bits per heavy atom. The van der Waals surface area contributed by atoms with Crippen molar-refractivity contribution < 1.29 is 9.90 Å². The summed E-state index contributed by atoms with van der Waals surface area (Å²) in [5, 5.41) is 9.61. The molecule has 1 amide bonds. The minimum Gasteiger partial charge on any atom is -0.492 e. The highest BCUT2D eigenvalue weighted by Crippen LogP contribution is 2.25. The van der Waals surface area contributed by atoms with E-state index in [0.29, 0.717) is 19.0 Å². The van der Waals surface area contributed by atoms with Gasteiger partial charge >= 0.3 is 0 Å². The van der Waals surface area contributed by atoms with Crippen molar-refractivity contribution >= 4 is 23.5 Å². The van der Waals surface area contributed by atoms with Crippen LogP contribution in [-0.2, 0) is 4.79 Å². The van der Waals surface area contributed by atoms with Crippen LogP contribution in [0.2, 0.25) is 5.02 Å². The van der Waals surface area contributed by atoms with E-state index >= 15 is 0 Å². The number of amides is 1. The van der Waals surface area contributed by atoms with Gasteiger partial charge in [-0.1, -0.05) is 11.6 Å². The molecule has 1 aromatic rings. The first-order chi connectivity index (χ1) is 8.99. The average molecular weight is 285 g/mol. The Morgan fingerprint density at radius 1 is 1.47 bits per heavy atom. The molecule has 0 aliphatic carbocycles. The summed E-state index contributed by atoms with van der Waals surface area (Å²) in [6.45, 7) is 1.40. The molecule has 0 bridgehead atoms. The van der Waals surface area contributed by atoms with E-state index in [4.69, 9.17) is 11.6 Å². The average Bonchev–Trinajstić information content (AvgIpc) is 2.41. The highest BCUT2D eigenvalue weighted by Gasteiger charge is 2.27. The van der Waals surface area contributed by atoms with E-state index in [2.05, 4.69) is 9.97 Å². The van der Waals surface area contributed by atoms with E-state index in [1.807, 2.05) is 4.90 Å². The lowest BCUT2D eigenvalue weighted by Crippen LogP contribution is -2.40. The van der Waals surface area contributed by atoms with Crippen molar-refractivity contribution in [2.45, 2.75) is 12.8 Å². The van der Waals surface area contributed by atoms with E-state index in [9.17, 15) is 9.90 Å². The van der Waals surface area contributed by atoms with Crippen LogP contribution in [0.5, 0.6) is 5.88 Å². The molecule has 2 heterocycles. The zero-order chi connectivity index (χ0) is 14.0. The van der Waals surface area contributed by atoms with Crippen LogP contribution >= 0.6 is 11.6 Å². The van der Waals surface area contributed by atoms with Gasteiger partial charge in [-0.2, -0.15) is 4.98 Å². The third-order valence-electron chi connectivity index (χ3n) is 3.28. The van der Waals surface area contributed by atoms with Crippen LogP contribution in [-0.4, -0.2) is 53.1 Å². The molecule has 2 rings (SSSR count). The fourth-order valence-corrected chi connectivity index (χ4v) is 2.28. The molecule has 1 saturated heterocycles. The van der Waals surface area contributed by atoms with Gasteiger partial charge in [0.05, 0.1) is 6.20 Å². The van der Waals surface area contributed by atoms with Crippen molar-refractivity contribution in [1.82, 2.24) is 14.9 Å². The highest BCUT2D eigenvalue weighted by atomic mass is 35.5. The number of piperidine rings is 1. The van der Waals surface area contributed by atoms with Crippen molar-refractivity contribution in [2.75, 3.05) is 32.1 Å². The lowest BCUT2D eigenvalue weighted by molar-refractivity contribution is -0.133. The Balaban J connectivity index is 2.00. The van der Waals surface area contributed by atoms with E-state index in [0.717, 1.165) is 12.8 Å². The van der Waals surface area contributed by atoms with Gasteiger partial charge in [-0.3, -0.25) is 4.79 Å². The molecular formula is C12H17ClN4O2. The number of hydrogen-bond donors (Lipinski definition) is 1. The van der Waals surface area contributed by atoms with Crippen molar-refractivity contribution in [3.63, 3.8) is 0 Å². The minimum absolute atomic E-state index is 0.0622. The summed E-state index contributed by atoms with van der Waals surface area (Å²) in [7, 11) is 3.55. The molecule has 0 spiro atoms. The molecule has 0 unspecified atom stereocenters. The molecule has 0 saturated carbocycles. The monoisotopic (exact) mass is 284 g/mol. The number of carbonyl (C=O) groups excluding carboxylic acids is 1. The van der Waals surface area contributed by atoms with Gasteiger partial charge < -0.3 is 14.9 Å². The summed E-state index contributed by atoms with van der Waals surface area (Å²) in [5.74, 6) is 0.475. The first-order valence-corrected chi connectivity index (χ1v) is 6.54. The fourth-order valence-electron chi connectivity index (χ4n) is 2.19. The Hall–Kier alpha value is -1.56. The summed E-state index contributed by atoms with van der Waals surface area (Å²) < 4.78 is 0. The lowest BCUT2D eigenvalue weighted by atomic mass is 9.96. The third-order valence-corrected chi connectivity index (χ3v) is 3.55. The lowest BCUT2D eigenvalue weighted by Gasteiger charge is -2.32. The summed E-state index contributed by atoms with van der Waals surface area (Å²) in [4.78, 5) is 23.5. The number of nitrogens with zero attached hydrogens (tertiary/aromatic N) is 4. The van der Waals surface area contributed by atoms with Crippen molar-refractivity contribution in [3.05, 3.63) is 11.2 Å². The van der Waals surface area contributed by atoms with Gasteiger partial charge in [-0.25, -0.2) is 4.98 Å². The largest absolute Gasteiger partial charge is 0.492 e. The predicted molar refractivity (Wildman–Crippen MR) is 72.3 cm³/mol. The highest BCUT2D eigenvalue weighted by molar-refractivity contribution is 6.31. The van der Waals surface area contributed by atoms with Gasteiger partial charge in [-0.15, -0.1) is 0 Å². The van der Waals surface area contributed by atoms with Gasteiger partial charge in [0.1, 0.15) is 5.02 Å². The first kappa shape index (κ1) is 13.9. The molecule has 0 atom stereocenters. The topological polar surface area (TPSA) is 69.6 Å². The Bertz CT molecular complexity index is 473. The number of aromatic hydroxyl groups is 1. The van der Waals surface area contributed by atoms with E-state index in [1.165, 1.54) is 6.20 Å². The predicted octanol–water partition coefficient (Wildman–Crippen LogP) is 1.14. The second kappa shape index (κ2) is 5.61. The Morgan fingerprint density at radius 3 is 2.63 bits per heavy atom. The van der Waals surface area contributed by atoms with Crippen molar-refractivity contribution in [1.29, 1.82) is 0 Å². The van der Waals surface area contributed by atoms with Crippen LogP contribution in [0.25, 0.3) is 0 Å². The quantitative estimate of drug-likeness (QED) is 0.882. The summed E-state index contributed by atoms with van der Waals surface area (Å²) >= 11 is 5.68. The van der Waals surface area contributed by atoms with Gasteiger partial charge in [0.2, 0.25) is 17.7 Å². The minimum atomic E-state index is -0.210. The third kappa shape index (κ3) is 3.07. The number of hydrogen-bond acceptors (Lipinski definition) is 5. The van der Waals surface area contributed by atoms with Crippen LogP contribution in [0.1, 0.15) is 12.8 Å². The summed E-state index contributed by atoms with van der Waals surface area (Å²) in [6, 6.07) is 0.